The van der Waals surface area contributed by atoms with Crippen LogP contribution < -0.4 is 10.0 Å². The number of hydrogen-bond donors (Lipinski definition) is 2. The number of alkyl halides is 3. The van der Waals surface area contributed by atoms with Crippen LogP contribution in [0.2, 0.25) is 0 Å². The average molecular weight is 393 g/mol. The minimum atomic E-state index is -4.42. The van der Waals surface area contributed by atoms with Gasteiger partial charge in [-0.2, -0.15) is 30.6 Å². The fourth-order valence-corrected chi connectivity index (χ4v) is 3.64. The van der Waals surface area contributed by atoms with Gasteiger partial charge in [0.05, 0.1) is 5.56 Å². The van der Waals surface area contributed by atoms with Crippen molar-refractivity contribution in [3.8, 4) is 0 Å². The summed E-state index contributed by atoms with van der Waals surface area (Å²) in [5.41, 5.74) is -0.470. The van der Waals surface area contributed by atoms with Gasteiger partial charge in [-0.15, -0.1) is 0 Å². The molecule has 6 nitrogen and oxygen atoms in total. The van der Waals surface area contributed by atoms with Gasteiger partial charge in [-0.05, 0) is 49.9 Å². The van der Waals surface area contributed by atoms with Crippen LogP contribution in [0.3, 0.4) is 0 Å². The molecule has 0 unspecified atom stereocenters. The van der Waals surface area contributed by atoms with Crippen LogP contribution in [0.1, 0.15) is 31.2 Å². The van der Waals surface area contributed by atoms with Gasteiger partial charge in [0.2, 0.25) is 5.91 Å². The Morgan fingerprint density at radius 2 is 1.62 bits per heavy atom. The van der Waals surface area contributed by atoms with Crippen LogP contribution in [0.15, 0.2) is 24.3 Å². The number of anilines is 1. The quantitative estimate of drug-likeness (QED) is 0.807. The van der Waals surface area contributed by atoms with Crippen molar-refractivity contribution >= 4 is 21.8 Å². The summed E-state index contributed by atoms with van der Waals surface area (Å²) in [7, 11) is -0.637. The molecule has 0 aliphatic heterocycles. The van der Waals surface area contributed by atoms with E-state index < -0.39 is 21.9 Å². The molecule has 1 fully saturated rings. The molecule has 0 bridgehead atoms. The van der Waals surface area contributed by atoms with E-state index in [-0.39, 0.29) is 17.9 Å². The van der Waals surface area contributed by atoms with Crippen molar-refractivity contribution in [1.29, 1.82) is 0 Å². The first-order valence-corrected chi connectivity index (χ1v) is 9.61. The summed E-state index contributed by atoms with van der Waals surface area (Å²) in [6.07, 6.45) is -2.35. The molecule has 0 heterocycles. The lowest BCUT2D eigenvalue weighted by Crippen LogP contribution is -2.44. The van der Waals surface area contributed by atoms with Crippen LogP contribution in [-0.2, 0) is 21.2 Å². The zero-order valence-corrected chi connectivity index (χ0v) is 15.3. The molecule has 1 aliphatic carbocycles. The molecule has 0 atom stereocenters. The molecule has 10 heteroatoms. The van der Waals surface area contributed by atoms with E-state index >= 15 is 0 Å². The topological polar surface area (TPSA) is 78.5 Å². The van der Waals surface area contributed by atoms with Crippen molar-refractivity contribution in [2.24, 2.45) is 5.92 Å². The SMILES string of the molecule is CN(C)S(=O)(=O)N[C@H]1CC[C@H](C(=O)Nc2ccc(C(F)(F)F)cc2)CC1. The van der Waals surface area contributed by atoms with Crippen LogP contribution in [0.4, 0.5) is 18.9 Å². The molecule has 146 valence electrons. The van der Waals surface area contributed by atoms with Crippen LogP contribution in [-0.4, -0.2) is 38.8 Å². The second-order valence-electron chi connectivity index (χ2n) is 6.52. The molecule has 0 radical (unpaired) electrons. The maximum Gasteiger partial charge on any atom is 0.416 e. The van der Waals surface area contributed by atoms with Crippen LogP contribution in [0, 0.1) is 5.92 Å². The Morgan fingerprint density at radius 3 is 2.08 bits per heavy atom. The smallest absolute Gasteiger partial charge is 0.326 e. The number of carbonyl (C=O) groups is 1. The van der Waals surface area contributed by atoms with E-state index in [1.165, 1.54) is 26.2 Å². The van der Waals surface area contributed by atoms with Gasteiger partial charge in [0.1, 0.15) is 0 Å². The van der Waals surface area contributed by atoms with Crippen LogP contribution >= 0.6 is 0 Å². The van der Waals surface area contributed by atoms with Crippen LogP contribution in [0.5, 0.6) is 0 Å². The molecule has 0 saturated heterocycles. The summed E-state index contributed by atoms with van der Waals surface area (Å²) >= 11 is 0. The number of carbonyl (C=O) groups excluding carboxylic acids is 1. The summed E-state index contributed by atoms with van der Waals surface area (Å²) in [5, 5.41) is 2.62. The molecule has 1 amide bonds. The molecule has 1 aliphatic rings. The average Bonchev–Trinajstić information content (AvgIpc) is 2.54. The van der Waals surface area contributed by atoms with E-state index in [9.17, 15) is 26.4 Å². The van der Waals surface area contributed by atoms with Crippen molar-refractivity contribution in [2.45, 2.75) is 37.9 Å². The summed E-state index contributed by atoms with van der Waals surface area (Å²) in [4.78, 5) is 12.3. The van der Waals surface area contributed by atoms with Crippen molar-refractivity contribution in [2.75, 3.05) is 19.4 Å². The molecular weight excluding hydrogens is 371 g/mol. The van der Waals surface area contributed by atoms with Gasteiger partial charge < -0.3 is 5.32 Å². The number of halogens is 3. The van der Waals surface area contributed by atoms with Crippen molar-refractivity contribution in [1.82, 2.24) is 9.03 Å². The summed E-state index contributed by atoms with van der Waals surface area (Å²) in [6, 6.07) is 4.05. The number of amides is 1. The maximum atomic E-state index is 12.5. The predicted molar refractivity (Wildman–Crippen MR) is 91.6 cm³/mol. The molecule has 2 rings (SSSR count). The maximum absolute atomic E-state index is 12.5. The first-order chi connectivity index (χ1) is 12.0. The third-order valence-corrected chi connectivity index (χ3v) is 5.97. The zero-order valence-electron chi connectivity index (χ0n) is 14.5. The first-order valence-electron chi connectivity index (χ1n) is 8.17. The van der Waals surface area contributed by atoms with E-state index in [1.807, 2.05) is 0 Å². The Bertz CT molecular complexity index is 725. The molecule has 0 aromatic heterocycles. The van der Waals surface area contributed by atoms with Gasteiger partial charge in [-0.25, -0.2) is 0 Å². The van der Waals surface area contributed by atoms with Crippen molar-refractivity contribution < 1.29 is 26.4 Å². The minimum Gasteiger partial charge on any atom is -0.326 e. The molecule has 26 heavy (non-hydrogen) atoms. The number of benzene rings is 1. The van der Waals surface area contributed by atoms with Crippen molar-refractivity contribution in [3.05, 3.63) is 29.8 Å². The standard InChI is InChI=1S/C16H22F3N3O3S/c1-22(2)26(24,25)21-14-7-3-11(4-8-14)15(23)20-13-9-5-12(6-10-13)16(17,18)19/h5-6,9-11,14,21H,3-4,7-8H2,1-2H3,(H,20,23)/t11-,14-. The largest absolute Gasteiger partial charge is 0.416 e. The molecular formula is C16H22F3N3O3S. The highest BCUT2D eigenvalue weighted by molar-refractivity contribution is 7.87. The van der Waals surface area contributed by atoms with E-state index in [1.54, 1.807) is 0 Å². The minimum absolute atomic E-state index is 0.225. The zero-order chi connectivity index (χ0) is 19.5. The summed E-state index contributed by atoms with van der Waals surface area (Å²) < 4.78 is 64.9. The fourth-order valence-electron chi connectivity index (χ4n) is 2.78. The second kappa shape index (κ2) is 7.93. The third-order valence-electron chi connectivity index (χ3n) is 4.37. The van der Waals surface area contributed by atoms with Gasteiger partial charge in [0.15, 0.2) is 0 Å². The molecule has 0 spiro atoms. The van der Waals surface area contributed by atoms with Gasteiger partial charge in [0, 0.05) is 31.7 Å². The molecule has 1 aromatic rings. The molecule has 1 aromatic carbocycles. The van der Waals surface area contributed by atoms with E-state index in [2.05, 4.69) is 10.0 Å². The Balaban J connectivity index is 1.87. The number of rotatable bonds is 5. The fraction of sp³-hybridized carbons (Fsp3) is 0.562. The number of nitrogens with one attached hydrogen (secondary N) is 2. The number of hydrogen-bond acceptors (Lipinski definition) is 3. The highest BCUT2D eigenvalue weighted by atomic mass is 32.2. The summed E-state index contributed by atoms with van der Waals surface area (Å²) in [6.45, 7) is 0. The number of nitrogens with zero attached hydrogens (tertiary/aromatic N) is 1. The third kappa shape index (κ3) is 5.42. The van der Waals surface area contributed by atoms with E-state index in [0.29, 0.717) is 31.4 Å². The van der Waals surface area contributed by atoms with E-state index in [0.717, 1.165) is 16.4 Å². The normalized spacial score (nSPS) is 21.6. The van der Waals surface area contributed by atoms with Gasteiger partial charge >= 0.3 is 6.18 Å². The highest BCUT2D eigenvalue weighted by Crippen LogP contribution is 2.30. The Hall–Kier alpha value is -1.65. The monoisotopic (exact) mass is 393 g/mol. The predicted octanol–water partition coefficient (Wildman–Crippen LogP) is 2.60. The van der Waals surface area contributed by atoms with Crippen molar-refractivity contribution in [3.63, 3.8) is 0 Å². The van der Waals surface area contributed by atoms with Gasteiger partial charge in [0.25, 0.3) is 10.2 Å². The Kier molecular flexibility index (Phi) is 6.30. The van der Waals surface area contributed by atoms with Gasteiger partial charge in [-0.1, -0.05) is 0 Å². The van der Waals surface area contributed by atoms with Crippen LogP contribution in [0.25, 0.3) is 0 Å². The highest BCUT2D eigenvalue weighted by Gasteiger charge is 2.31. The lowest BCUT2D eigenvalue weighted by molar-refractivity contribution is -0.137. The molecule has 1 saturated carbocycles. The first kappa shape index (κ1) is 20.7. The summed E-state index contributed by atoms with van der Waals surface area (Å²) in [5.74, 6) is -0.559. The van der Waals surface area contributed by atoms with Gasteiger partial charge in [-0.3, -0.25) is 4.79 Å². The molecule has 2 N–H and O–H groups in total. The lowest BCUT2D eigenvalue weighted by atomic mass is 9.86. The second-order valence-corrected chi connectivity index (χ2v) is 8.43. The Morgan fingerprint density at radius 1 is 1.08 bits per heavy atom. The Labute approximate surface area is 150 Å². The lowest BCUT2D eigenvalue weighted by Gasteiger charge is -2.29. The van der Waals surface area contributed by atoms with E-state index in [4.69, 9.17) is 0 Å².